The molecule has 0 bridgehead atoms. The molecule has 0 aliphatic heterocycles. The summed E-state index contributed by atoms with van der Waals surface area (Å²) in [6.07, 6.45) is -0.495. The first-order valence-electron chi connectivity index (χ1n) is 5.06. The number of methoxy groups -OCH3 is 1. The first kappa shape index (κ1) is 11.3. The van der Waals surface area contributed by atoms with Crippen molar-refractivity contribution >= 4 is 27.4 Å². The standard InChI is InChI=1S/C11H14N2O2S/c1-15-7-8(14)6-12-11-9-4-2-3-5-10(9)13-16-11/h2-5,8,12,14H,6-7H2,1H3. The zero-order valence-electron chi connectivity index (χ0n) is 9.01. The van der Waals surface area contributed by atoms with Gasteiger partial charge in [-0.2, -0.15) is 4.37 Å². The minimum atomic E-state index is -0.495. The number of fused-ring (bicyclic) bond motifs is 1. The van der Waals surface area contributed by atoms with Crippen LogP contribution in [0.1, 0.15) is 0 Å². The van der Waals surface area contributed by atoms with Gasteiger partial charge in [0.1, 0.15) is 5.00 Å². The molecule has 1 atom stereocenters. The van der Waals surface area contributed by atoms with E-state index in [0.29, 0.717) is 13.2 Å². The summed E-state index contributed by atoms with van der Waals surface area (Å²) in [4.78, 5) is 0. The third-order valence-corrected chi connectivity index (χ3v) is 3.08. The van der Waals surface area contributed by atoms with Gasteiger partial charge in [-0.15, -0.1) is 0 Å². The molecule has 0 fully saturated rings. The van der Waals surface area contributed by atoms with E-state index in [1.165, 1.54) is 11.5 Å². The second-order valence-electron chi connectivity index (χ2n) is 3.52. The molecule has 0 spiro atoms. The Labute approximate surface area is 98.0 Å². The van der Waals surface area contributed by atoms with Crippen LogP contribution in [0, 0.1) is 0 Å². The number of benzene rings is 1. The normalized spacial score (nSPS) is 12.9. The lowest BCUT2D eigenvalue weighted by Gasteiger charge is -2.10. The summed E-state index contributed by atoms with van der Waals surface area (Å²) in [7, 11) is 1.57. The topological polar surface area (TPSA) is 54.4 Å². The van der Waals surface area contributed by atoms with E-state index in [1.54, 1.807) is 7.11 Å². The molecule has 2 rings (SSSR count). The molecule has 0 radical (unpaired) electrons. The fourth-order valence-corrected chi connectivity index (χ4v) is 2.25. The molecule has 0 aliphatic carbocycles. The lowest BCUT2D eigenvalue weighted by atomic mass is 10.2. The monoisotopic (exact) mass is 238 g/mol. The van der Waals surface area contributed by atoms with Crippen molar-refractivity contribution in [1.29, 1.82) is 0 Å². The van der Waals surface area contributed by atoms with Crippen LogP contribution in [0.15, 0.2) is 24.3 Å². The first-order valence-corrected chi connectivity index (χ1v) is 5.84. The Bertz CT molecular complexity index is 458. The Morgan fingerprint density at radius 3 is 3.12 bits per heavy atom. The summed E-state index contributed by atoms with van der Waals surface area (Å²) in [5.41, 5.74) is 0.983. The molecule has 0 amide bonds. The molecule has 4 nitrogen and oxygen atoms in total. The summed E-state index contributed by atoms with van der Waals surface area (Å²) < 4.78 is 9.17. The molecule has 0 saturated carbocycles. The fourth-order valence-electron chi connectivity index (χ4n) is 1.48. The van der Waals surface area contributed by atoms with Crippen LogP contribution in [0.4, 0.5) is 5.00 Å². The number of aliphatic hydroxyl groups excluding tert-OH is 1. The molecule has 1 aromatic heterocycles. The largest absolute Gasteiger partial charge is 0.389 e. The van der Waals surface area contributed by atoms with Crippen molar-refractivity contribution in [3.05, 3.63) is 24.3 Å². The molecular formula is C11H14N2O2S. The predicted molar refractivity (Wildman–Crippen MR) is 66.0 cm³/mol. The van der Waals surface area contributed by atoms with E-state index in [0.717, 1.165) is 15.9 Å². The number of rotatable bonds is 5. The number of aromatic nitrogens is 1. The second-order valence-corrected chi connectivity index (χ2v) is 4.29. The quantitative estimate of drug-likeness (QED) is 0.832. The number of aliphatic hydroxyl groups is 1. The van der Waals surface area contributed by atoms with Gasteiger partial charge in [0.05, 0.1) is 18.2 Å². The highest BCUT2D eigenvalue weighted by Gasteiger charge is 2.07. The number of hydrogen-bond donors (Lipinski definition) is 2. The Morgan fingerprint density at radius 2 is 2.31 bits per heavy atom. The molecule has 2 aromatic rings. The van der Waals surface area contributed by atoms with Crippen LogP contribution < -0.4 is 5.32 Å². The summed E-state index contributed by atoms with van der Waals surface area (Å²) >= 11 is 1.41. The van der Waals surface area contributed by atoms with E-state index in [9.17, 15) is 5.11 Å². The van der Waals surface area contributed by atoms with Crippen LogP contribution in [0.25, 0.3) is 10.9 Å². The van der Waals surface area contributed by atoms with Gasteiger partial charge in [0.25, 0.3) is 0 Å². The summed E-state index contributed by atoms with van der Waals surface area (Å²) in [6, 6.07) is 7.94. The average molecular weight is 238 g/mol. The van der Waals surface area contributed by atoms with Crippen molar-refractivity contribution in [3.63, 3.8) is 0 Å². The van der Waals surface area contributed by atoms with Crippen molar-refractivity contribution in [1.82, 2.24) is 4.37 Å². The van der Waals surface area contributed by atoms with E-state index in [1.807, 2.05) is 24.3 Å². The molecule has 1 aromatic carbocycles. The Balaban J connectivity index is 2.04. The maximum atomic E-state index is 9.52. The first-order chi connectivity index (χ1) is 7.81. The number of ether oxygens (including phenoxy) is 1. The number of anilines is 1. The predicted octanol–water partition coefficient (Wildman–Crippen LogP) is 1.72. The lowest BCUT2D eigenvalue weighted by Crippen LogP contribution is -2.23. The molecule has 2 N–H and O–H groups in total. The minimum absolute atomic E-state index is 0.337. The third-order valence-electron chi connectivity index (χ3n) is 2.24. The summed E-state index contributed by atoms with van der Waals surface area (Å²) in [5, 5.41) is 14.8. The third kappa shape index (κ3) is 2.49. The van der Waals surface area contributed by atoms with Gasteiger partial charge in [-0.1, -0.05) is 12.1 Å². The van der Waals surface area contributed by atoms with E-state index in [-0.39, 0.29) is 0 Å². The lowest BCUT2D eigenvalue weighted by molar-refractivity contribution is 0.0728. The molecule has 5 heteroatoms. The molecule has 86 valence electrons. The Hall–Kier alpha value is -1.17. The maximum Gasteiger partial charge on any atom is 0.117 e. The van der Waals surface area contributed by atoms with Crippen molar-refractivity contribution in [2.24, 2.45) is 0 Å². The van der Waals surface area contributed by atoms with Crippen molar-refractivity contribution in [2.45, 2.75) is 6.10 Å². The van der Waals surface area contributed by atoms with Gasteiger partial charge in [0.15, 0.2) is 0 Å². The van der Waals surface area contributed by atoms with Gasteiger partial charge in [-0.25, -0.2) is 0 Å². The van der Waals surface area contributed by atoms with E-state index >= 15 is 0 Å². The van der Waals surface area contributed by atoms with Crippen LogP contribution in [-0.2, 0) is 4.74 Å². The van der Waals surface area contributed by atoms with Crippen LogP contribution in [-0.4, -0.2) is 35.8 Å². The fraction of sp³-hybridized carbons (Fsp3) is 0.364. The van der Waals surface area contributed by atoms with Crippen LogP contribution in [0.5, 0.6) is 0 Å². The highest BCUT2D eigenvalue weighted by molar-refractivity contribution is 7.11. The van der Waals surface area contributed by atoms with Crippen LogP contribution in [0.2, 0.25) is 0 Å². The highest BCUT2D eigenvalue weighted by atomic mass is 32.1. The summed E-state index contributed by atoms with van der Waals surface area (Å²) in [6.45, 7) is 0.809. The van der Waals surface area contributed by atoms with Crippen molar-refractivity contribution < 1.29 is 9.84 Å². The number of nitrogens with zero attached hydrogens (tertiary/aromatic N) is 1. The van der Waals surface area contributed by atoms with Gasteiger partial charge in [0.2, 0.25) is 0 Å². The zero-order valence-corrected chi connectivity index (χ0v) is 9.83. The molecule has 0 saturated heterocycles. The molecule has 16 heavy (non-hydrogen) atoms. The zero-order chi connectivity index (χ0) is 11.4. The van der Waals surface area contributed by atoms with Crippen LogP contribution in [0.3, 0.4) is 0 Å². The number of nitrogens with one attached hydrogen (secondary N) is 1. The molecule has 1 unspecified atom stereocenters. The molecular weight excluding hydrogens is 224 g/mol. The highest BCUT2D eigenvalue weighted by Crippen LogP contribution is 2.26. The second kappa shape index (κ2) is 5.25. The van der Waals surface area contributed by atoms with E-state index < -0.39 is 6.10 Å². The van der Waals surface area contributed by atoms with Gasteiger partial charge in [0, 0.05) is 19.0 Å². The van der Waals surface area contributed by atoms with Crippen molar-refractivity contribution in [2.75, 3.05) is 25.6 Å². The number of hydrogen-bond acceptors (Lipinski definition) is 5. The molecule has 1 heterocycles. The minimum Gasteiger partial charge on any atom is -0.389 e. The van der Waals surface area contributed by atoms with Crippen molar-refractivity contribution in [3.8, 4) is 0 Å². The smallest absolute Gasteiger partial charge is 0.117 e. The Kier molecular flexibility index (Phi) is 3.71. The van der Waals surface area contributed by atoms with Gasteiger partial charge >= 0.3 is 0 Å². The average Bonchev–Trinajstić information content (AvgIpc) is 2.70. The van der Waals surface area contributed by atoms with Crippen LogP contribution >= 0.6 is 11.5 Å². The summed E-state index contributed by atoms with van der Waals surface area (Å²) in [5.74, 6) is 0. The van der Waals surface area contributed by atoms with Gasteiger partial charge in [-0.3, -0.25) is 0 Å². The van der Waals surface area contributed by atoms with Gasteiger partial charge < -0.3 is 15.2 Å². The maximum absolute atomic E-state index is 9.52. The van der Waals surface area contributed by atoms with Gasteiger partial charge in [-0.05, 0) is 23.7 Å². The Morgan fingerprint density at radius 1 is 1.50 bits per heavy atom. The SMILES string of the molecule is COCC(O)CNc1snc2ccccc12. The molecule has 0 aliphatic rings. The van der Waals surface area contributed by atoms with E-state index in [4.69, 9.17) is 4.74 Å². The van der Waals surface area contributed by atoms with E-state index in [2.05, 4.69) is 9.69 Å².